The number of nitrogens with one attached hydrogen (secondary N) is 1. The summed E-state index contributed by atoms with van der Waals surface area (Å²) in [6.45, 7) is 1.70. The van der Waals surface area contributed by atoms with Gasteiger partial charge in [0.25, 0.3) is 5.91 Å². The van der Waals surface area contributed by atoms with Crippen LogP contribution in [-0.4, -0.2) is 65.4 Å². The van der Waals surface area contributed by atoms with Crippen molar-refractivity contribution in [3.63, 3.8) is 0 Å². The van der Waals surface area contributed by atoms with Gasteiger partial charge >= 0.3 is 12.0 Å². The number of nitrogens with zero attached hydrogens (tertiary/aromatic N) is 2. The Morgan fingerprint density at radius 2 is 2.05 bits per heavy atom. The first-order chi connectivity index (χ1) is 9.35. The van der Waals surface area contributed by atoms with Gasteiger partial charge in [0.15, 0.2) is 0 Å². The molecule has 20 heavy (non-hydrogen) atoms. The number of amides is 4. The Morgan fingerprint density at radius 3 is 2.50 bits per heavy atom. The van der Waals surface area contributed by atoms with E-state index in [2.05, 4.69) is 5.32 Å². The van der Waals surface area contributed by atoms with Gasteiger partial charge in [-0.05, 0) is 5.92 Å². The summed E-state index contributed by atoms with van der Waals surface area (Å²) < 4.78 is 0. The molecule has 8 heteroatoms. The van der Waals surface area contributed by atoms with Gasteiger partial charge in [0.2, 0.25) is 5.91 Å². The van der Waals surface area contributed by atoms with Crippen LogP contribution in [-0.2, 0) is 14.4 Å². The minimum Gasteiger partial charge on any atom is -0.481 e. The SMILES string of the molecule is CCC(CNC(=O)CN1C(=O)CN(C)C1=O)CC(=O)O. The lowest BCUT2D eigenvalue weighted by atomic mass is 10.0. The van der Waals surface area contributed by atoms with Gasteiger partial charge in [0, 0.05) is 20.0 Å². The van der Waals surface area contributed by atoms with E-state index < -0.39 is 23.8 Å². The first kappa shape index (κ1) is 15.9. The van der Waals surface area contributed by atoms with E-state index in [1.807, 2.05) is 6.92 Å². The van der Waals surface area contributed by atoms with E-state index in [0.717, 1.165) is 4.90 Å². The van der Waals surface area contributed by atoms with E-state index in [1.165, 1.54) is 11.9 Å². The summed E-state index contributed by atoms with van der Waals surface area (Å²) in [6.07, 6.45) is 0.595. The van der Waals surface area contributed by atoms with E-state index >= 15 is 0 Å². The van der Waals surface area contributed by atoms with Gasteiger partial charge in [-0.15, -0.1) is 0 Å². The molecule has 2 N–H and O–H groups in total. The summed E-state index contributed by atoms with van der Waals surface area (Å²) in [5, 5.41) is 11.2. The summed E-state index contributed by atoms with van der Waals surface area (Å²) in [7, 11) is 1.48. The number of carboxylic acid groups (broad SMARTS) is 1. The van der Waals surface area contributed by atoms with Gasteiger partial charge in [-0.2, -0.15) is 0 Å². The van der Waals surface area contributed by atoms with Gasteiger partial charge in [0.05, 0.1) is 0 Å². The van der Waals surface area contributed by atoms with Gasteiger partial charge < -0.3 is 15.3 Å². The Balaban J connectivity index is 2.42. The smallest absolute Gasteiger partial charge is 0.327 e. The first-order valence-corrected chi connectivity index (χ1v) is 6.39. The van der Waals surface area contributed by atoms with Crippen LogP contribution >= 0.6 is 0 Å². The zero-order valence-electron chi connectivity index (χ0n) is 11.6. The average Bonchev–Trinajstić information content (AvgIpc) is 2.60. The van der Waals surface area contributed by atoms with Crippen LogP contribution in [0.2, 0.25) is 0 Å². The molecule has 0 spiro atoms. The molecule has 8 nitrogen and oxygen atoms in total. The molecule has 0 aromatic rings. The molecule has 1 aliphatic heterocycles. The second kappa shape index (κ2) is 6.88. The summed E-state index contributed by atoms with van der Waals surface area (Å²) in [6, 6.07) is -0.497. The Hall–Kier alpha value is -2.12. The molecule has 1 atom stereocenters. The molecule has 4 amide bonds. The molecule has 0 aromatic carbocycles. The number of carbonyl (C=O) groups excluding carboxylic acids is 3. The number of hydrogen-bond acceptors (Lipinski definition) is 4. The van der Waals surface area contributed by atoms with E-state index in [-0.39, 0.29) is 32.0 Å². The summed E-state index contributed by atoms with van der Waals surface area (Å²) in [5.41, 5.74) is 0. The highest BCUT2D eigenvalue weighted by atomic mass is 16.4. The fraction of sp³-hybridized carbons (Fsp3) is 0.667. The Labute approximate surface area is 116 Å². The topological polar surface area (TPSA) is 107 Å². The maximum absolute atomic E-state index is 11.7. The third kappa shape index (κ3) is 4.22. The lowest BCUT2D eigenvalue weighted by Crippen LogP contribution is -2.42. The number of rotatable bonds is 7. The Bertz CT molecular complexity index is 423. The number of hydrogen-bond donors (Lipinski definition) is 2. The second-order valence-corrected chi connectivity index (χ2v) is 4.79. The van der Waals surface area contributed by atoms with E-state index in [4.69, 9.17) is 5.11 Å². The lowest BCUT2D eigenvalue weighted by Gasteiger charge is -2.16. The molecular formula is C12H19N3O5. The third-order valence-corrected chi connectivity index (χ3v) is 3.16. The molecular weight excluding hydrogens is 266 g/mol. The summed E-state index contributed by atoms with van der Waals surface area (Å²) in [5.74, 6) is -1.96. The molecule has 1 unspecified atom stereocenters. The van der Waals surface area contributed by atoms with Gasteiger partial charge in [-0.3, -0.25) is 19.3 Å². The zero-order valence-corrected chi connectivity index (χ0v) is 11.6. The minimum absolute atomic E-state index is 0.0251. The van der Waals surface area contributed by atoms with Crippen molar-refractivity contribution >= 4 is 23.8 Å². The van der Waals surface area contributed by atoms with Crippen molar-refractivity contribution in [2.45, 2.75) is 19.8 Å². The molecule has 0 aromatic heterocycles. The van der Waals surface area contributed by atoms with Crippen molar-refractivity contribution in [1.82, 2.24) is 15.1 Å². The Morgan fingerprint density at radius 1 is 1.40 bits per heavy atom. The van der Waals surface area contributed by atoms with Crippen molar-refractivity contribution in [3.05, 3.63) is 0 Å². The first-order valence-electron chi connectivity index (χ1n) is 6.39. The van der Waals surface area contributed by atoms with Crippen LogP contribution in [0, 0.1) is 5.92 Å². The predicted molar refractivity (Wildman–Crippen MR) is 68.8 cm³/mol. The highest BCUT2D eigenvalue weighted by Crippen LogP contribution is 2.08. The molecule has 1 saturated heterocycles. The fourth-order valence-electron chi connectivity index (χ4n) is 1.89. The van der Waals surface area contributed by atoms with Crippen molar-refractivity contribution in [2.75, 3.05) is 26.7 Å². The molecule has 112 valence electrons. The second-order valence-electron chi connectivity index (χ2n) is 4.79. The van der Waals surface area contributed by atoms with Crippen molar-refractivity contribution in [2.24, 2.45) is 5.92 Å². The highest BCUT2D eigenvalue weighted by Gasteiger charge is 2.34. The molecule has 0 aliphatic carbocycles. The van der Waals surface area contributed by atoms with E-state index in [1.54, 1.807) is 0 Å². The number of aliphatic carboxylic acids is 1. The molecule has 1 fully saturated rings. The standard InChI is InChI=1S/C12H19N3O5/c1-3-8(4-11(18)19)5-13-9(16)6-15-10(17)7-14(2)12(15)20/h8H,3-7H2,1-2H3,(H,13,16)(H,18,19). The largest absolute Gasteiger partial charge is 0.481 e. The third-order valence-electron chi connectivity index (χ3n) is 3.16. The monoisotopic (exact) mass is 285 g/mol. The van der Waals surface area contributed by atoms with E-state index in [9.17, 15) is 19.2 Å². The molecule has 1 rings (SSSR count). The fourth-order valence-corrected chi connectivity index (χ4v) is 1.89. The van der Waals surface area contributed by atoms with Crippen LogP contribution in [0.15, 0.2) is 0 Å². The lowest BCUT2D eigenvalue weighted by molar-refractivity contribution is -0.138. The number of imide groups is 1. The number of carbonyl (C=O) groups is 4. The maximum Gasteiger partial charge on any atom is 0.327 e. The minimum atomic E-state index is -0.919. The molecule has 1 aliphatic rings. The van der Waals surface area contributed by atoms with Gasteiger partial charge in [0.1, 0.15) is 13.1 Å². The normalized spacial score (nSPS) is 16.5. The maximum atomic E-state index is 11.7. The van der Waals surface area contributed by atoms with Crippen LogP contribution < -0.4 is 5.32 Å². The number of urea groups is 1. The van der Waals surface area contributed by atoms with E-state index in [0.29, 0.717) is 6.42 Å². The molecule has 0 radical (unpaired) electrons. The van der Waals surface area contributed by atoms with Crippen molar-refractivity contribution in [1.29, 1.82) is 0 Å². The van der Waals surface area contributed by atoms with Crippen LogP contribution in [0.1, 0.15) is 19.8 Å². The number of carboxylic acids is 1. The quantitative estimate of drug-likeness (QED) is 0.613. The molecule has 1 heterocycles. The summed E-state index contributed by atoms with van der Waals surface area (Å²) in [4.78, 5) is 47.4. The van der Waals surface area contributed by atoms with Crippen LogP contribution in [0.3, 0.4) is 0 Å². The highest BCUT2D eigenvalue weighted by molar-refractivity contribution is 6.04. The van der Waals surface area contributed by atoms with Gasteiger partial charge in [-0.1, -0.05) is 13.3 Å². The summed E-state index contributed by atoms with van der Waals surface area (Å²) >= 11 is 0. The van der Waals surface area contributed by atoms with Crippen molar-refractivity contribution < 1.29 is 24.3 Å². The average molecular weight is 285 g/mol. The predicted octanol–water partition coefficient (Wildman–Crippen LogP) is -0.502. The van der Waals surface area contributed by atoms with Crippen molar-refractivity contribution in [3.8, 4) is 0 Å². The molecule has 0 bridgehead atoms. The Kier molecular flexibility index (Phi) is 5.48. The van der Waals surface area contributed by atoms with Crippen LogP contribution in [0.25, 0.3) is 0 Å². The number of likely N-dealkylation sites (N-methyl/N-ethyl adjacent to an activating group) is 1. The van der Waals surface area contributed by atoms with Crippen LogP contribution in [0.5, 0.6) is 0 Å². The van der Waals surface area contributed by atoms with Gasteiger partial charge in [-0.25, -0.2) is 4.79 Å². The molecule has 0 saturated carbocycles. The van der Waals surface area contributed by atoms with Crippen LogP contribution in [0.4, 0.5) is 4.79 Å². The zero-order chi connectivity index (χ0) is 15.3.